The van der Waals surface area contributed by atoms with Gasteiger partial charge in [0.25, 0.3) is 5.91 Å². The zero-order valence-corrected chi connectivity index (χ0v) is 19.2. The smallest absolute Gasteiger partial charge is 0.261 e. The Balaban J connectivity index is 1.81. The Morgan fingerprint density at radius 2 is 1.97 bits per heavy atom. The third-order valence-electron chi connectivity index (χ3n) is 8.49. The molecule has 0 aromatic heterocycles. The first-order valence-corrected chi connectivity index (χ1v) is 11.8. The van der Waals surface area contributed by atoms with Crippen molar-refractivity contribution in [3.63, 3.8) is 0 Å². The fourth-order valence-corrected chi connectivity index (χ4v) is 6.66. The van der Waals surface area contributed by atoms with Gasteiger partial charge in [0.15, 0.2) is 5.78 Å². The van der Waals surface area contributed by atoms with Crippen molar-refractivity contribution >= 4 is 11.7 Å². The number of Topliss-reactive ketones (excluding diaryl/α,β-unsaturated/α-hetero) is 1. The Morgan fingerprint density at radius 3 is 2.57 bits per heavy atom. The van der Waals surface area contributed by atoms with E-state index in [2.05, 4.69) is 26.8 Å². The van der Waals surface area contributed by atoms with E-state index in [0.717, 1.165) is 19.3 Å². The van der Waals surface area contributed by atoms with E-state index >= 15 is 0 Å². The molecule has 9 atom stereocenters. The van der Waals surface area contributed by atoms with Crippen LogP contribution in [0.5, 0.6) is 0 Å². The van der Waals surface area contributed by atoms with Gasteiger partial charge >= 0.3 is 0 Å². The zero-order valence-electron chi connectivity index (χ0n) is 19.2. The fraction of sp³-hybridized carbons (Fsp3) is 0.760. The fourth-order valence-electron chi connectivity index (χ4n) is 6.66. The van der Waals surface area contributed by atoms with Gasteiger partial charge in [0.05, 0.1) is 18.2 Å². The highest BCUT2D eigenvalue weighted by Crippen LogP contribution is 2.54. The third kappa shape index (κ3) is 3.24. The van der Waals surface area contributed by atoms with Crippen molar-refractivity contribution in [3.8, 4) is 0 Å². The maximum absolute atomic E-state index is 13.4. The molecule has 4 rings (SSSR count). The van der Waals surface area contributed by atoms with Crippen LogP contribution in [-0.4, -0.2) is 47.0 Å². The summed E-state index contributed by atoms with van der Waals surface area (Å²) < 4.78 is 5.88. The number of hydrogen-bond acceptors (Lipinski definition) is 4. The lowest BCUT2D eigenvalue weighted by molar-refractivity contribution is -0.126. The number of allylic oxidation sites excluding steroid dienone is 2. The van der Waals surface area contributed by atoms with Gasteiger partial charge in [0, 0.05) is 18.9 Å². The van der Waals surface area contributed by atoms with E-state index in [1.54, 1.807) is 11.9 Å². The highest BCUT2D eigenvalue weighted by atomic mass is 16.6. The first-order chi connectivity index (χ1) is 14.2. The summed E-state index contributed by atoms with van der Waals surface area (Å²) in [7, 11) is 1.69. The highest BCUT2D eigenvalue weighted by molar-refractivity contribution is 6.26. The van der Waals surface area contributed by atoms with E-state index in [0.29, 0.717) is 11.8 Å². The van der Waals surface area contributed by atoms with E-state index in [-0.39, 0.29) is 58.9 Å². The number of ketones is 1. The van der Waals surface area contributed by atoms with E-state index in [1.165, 1.54) is 12.0 Å². The van der Waals surface area contributed by atoms with Gasteiger partial charge in [-0.05, 0) is 43.9 Å². The third-order valence-corrected chi connectivity index (χ3v) is 8.49. The monoisotopic (exact) mass is 415 g/mol. The molecular formula is C25H37NO4. The Kier molecular flexibility index (Phi) is 5.63. The number of epoxide rings is 1. The number of hydrogen-bond donors (Lipinski definition) is 1. The SMILES string of the molecule is CCC(C)[C@@H]1C(=O)/C(=C(/O)[C@@H]2[C@@H]([C@@H]3O[C@H]3C)C(C)=C[C@@H]3CCC[C@H](C)[C@@H]23)C(=O)N1C. The molecule has 166 valence electrons. The average Bonchev–Trinajstić information content (AvgIpc) is 3.37. The van der Waals surface area contributed by atoms with Crippen LogP contribution in [0.4, 0.5) is 0 Å². The summed E-state index contributed by atoms with van der Waals surface area (Å²) in [6.45, 7) is 10.5. The molecule has 2 aliphatic carbocycles. The molecule has 5 heteroatoms. The lowest BCUT2D eigenvalue weighted by Gasteiger charge is -2.47. The Morgan fingerprint density at radius 1 is 1.30 bits per heavy atom. The number of ether oxygens (including phenoxy) is 1. The molecule has 1 N–H and O–H groups in total. The van der Waals surface area contributed by atoms with Crippen LogP contribution in [0.2, 0.25) is 0 Å². The van der Waals surface area contributed by atoms with Gasteiger partial charge in [-0.1, -0.05) is 51.7 Å². The Labute approximate surface area is 180 Å². The Bertz CT molecular complexity index is 799. The lowest BCUT2D eigenvalue weighted by Crippen LogP contribution is -2.43. The molecule has 5 nitrogen and oxygen atoms in total. The summed E-state index contributed by atoms with van der Waals surface area (Å²) in [5.74, 6) is 0.447. The van der Waals surface area contributed by atoms with Crippen molar-refractivity contribution in [1.82, 2.24) is 4.90 Å². The van der Waals surface area contributed by atoms with Crippen LogP contribution in [0, 0.1) is 35.5 Å². The number of nitrogens with zero attached hydrogens (tertiary/aromatic N) is 1. The molecule has 2 aliphatic heterocycles. The number of carbonyl (C=O) groups excluding carboxylic acids is 2. The van der Waals surface area contributed by atoms with Gasteiger partial charge in [-0.15, -0.1) is 0 Å². The molecule has 2 heterocycles. The number of carbonyl (C=O) groups is 2. The first-order valence-electron chi connectivity index (χ1n) is 11.8. The van der Waals surface area contributed by atoms with E-state index in [1.807, 2.05) is 13.8 Å². The highest BCUT2D eigenvalue weighted by Gasteiger charge is 2.55. The van der Waals surface area contributed by atoms with Crippen molar-refractivity contribution in [2.45, 2.75) is 78.6 Å². The summed E-state index contributed by atoms with van der Waals surface area (Å²) in [6, 6.07) is -0.478. The summed E-state index contributed by atoms with van der Waals surface area (Å²) in [6.07, 6.45) is 6.83. The molecule has 3 fully saturated rings. The normalized spacial score (nSPS) is 43.9. The lowest BCUT2D eigenvalue weighted by atomic mass is 9.57. The number of aliphatic hydroxyl groups excluding tert-OH is 1. The van der Waals surface area contributed by atoms with Crippen LogP contribution >= 0.6 is 0 Å². The quantitative estimate of drug-likeness (QED) is 0.245. The molecule has 30 heavy (non-hydrogen) atoms. The predicted molar refractivity (Wildman–Crippen MR) is 116 cm³/mol. The van der Waals surface area contributed by atoms with Gasteiger partial charge < -0.3 is 14.7 Å². The standard InChI is InChI=1S/C25H37NO4/c1-7-12(2)21-23(28)20(25(29)26(21)6)22(27)19-17-13(3)9-8-10-16(17)11-14(4)18(19)24-15(5)30-24/h11-13,15-19,21,24,27H,7-10H2,1-6H3/b22-20-/t12?,13-,15-,16-,17+,18-,19-,21+,24+/m0/s1. The number of rotatable bonds is 4. The molecule has 0 bridgehead atoms. The number of likely N-dealkylation sites (N-methyl/N-ethyl adjacent to an activating group) is 1. The van der Waals surface area contributed by atoms with Crippen molar-refractivity contribution in [3.05, 3.63) is 23.0 Å². The largest absolute Gasteiger partial charge is 0.511 e. The van der Waals surface area contributed by atoms with Gasteiger partial charge in [-0.3, -0.25) is 9.59 Å². The van der Waals surface area contributed by atoms with Crippen molar-refractivity contribution in [2.75, 3.05) is 7.05 Å². The molecule has 0 aromatic carbocycles. The van der Waals surface area contributed by atoms with Gasteiger partial charge in [0.2, 0.25) is 0 Å². The first kappa shape index (κ1) is 21.6. The summed E-state index contributed by atoms with van der Waals surface area (Å²) in [4.78, 5) is 28.1. The molecule has 1 unspecified atom stereocenters. The Hall–Kier alpha value is -1.62. The second kappa shape index (κ2) is 7.81. The van der Waals surface area contributed by atoms with Gasteiger partial charge in [0.1, 0.15) is 11.3 Å². The second-order valence-electron chi connectivity index (χ2n) is 10.3. The zero-order chi connectivity index (χ0) is 21.9. The predicted octanol–water partition coefficient (Wildman–Crippen LogP) is 4.29. The van der Waals surface area contributed by atoms with Crippen molar-refractivity contribution in [1.29, 1.82) is 0 Å². The van der Waals surface area contributed by atoms with Crippen LogP contribution in [0.15, 0.2) is 23.0 Å². The summed E-state index contributed by atoms with van der Waals surface area (Å²) in [5.41, 5.74) is 1.28. The number of likely N-dealkylation sites (tertiary alicyclic amines) is 1. The molecule has 1 saturated carbocycles. The minimum Gasteiger partial charge on any atom is -0.511 e. The molecule has 4 aliphatic rings. The maximum Gasteiger partial charge on any atom is 0.261 e. The molecule has 0 aromatic rings. The molecular weight excluding hydrogens is 378 g/mol. The van der Waals surface area contributed by atoms with E-state index < -0.39 is 6.04 Å². The number of fused-ring (bicyclic) bond motifs is 1. The van der Waals surface area contributed by atoms with Crippen molar-refractivity contribution in [2.24, 2.45) is 35.5 Å². The number of amides is 1. The molecule has 1 amide bonds. The second-order valence-corrected chi connectivity index (χ2v) is 10.3. The maximum atomic E-state index is 13.4. The topological polar surface area (TPSA) is 70.1 Å². The molecule has 2 saturated heterocycles. The van der Waals surface area contributed by atoms with Crippen LogP contribution in [-0.2, 0) is 14.3 Å². The molecule has 0 radical (unpaired) electrons. The van der Waals surface area contributed by atoms with E-state index in [9.17, 15) is 14.7 Å². The van der Waals surface area contributed by atoms with E-state index in [4.69, 9.17) is 4.74 Å². The van der Waals surface area contributed by atoms with Crippen LogP contribution in [0.25, 0.3) is 0 Å². The number of aliphatic hydroxyl groups is 1. The minimum atomic E-state index is -0.478. The van der Waals surface area contributed by atoms with Crippen LogP contribution in [0.3, 0.4) is 0 Å². The van der Waals surface area contributed by atoms with Crippen LogP contribution in [0.1, 0.15) is 60.3 Å². The summed E-state index contributed by atoms with van der Waals surface area (Å²) in [5, 5.41) is 11.6. The van der Waals surface area contributed by atoms with Gasteiger partial charge in [-0.25, -0.2) is 0 Å². The molecule has 0 spiro atoms. The van der Waals surface area contributed by atoms with Crippen LogP contribution < -0.4 is 0 Å². The average molecular weight is 416 g/mol. The summed E-state index contributed by atoms with van der Waals surface area (Å²) >= 11 is 0. The minimum absolute atomic E-state index is 0.0304. The van der Waals surface area contributed by atoms with Crippen molar-refractivity contribution < 1.29 is 19.4 Å². The van der Waals surface area contributed by atoms with Gasteiger partial charge in [-0.2, -0.15) is 0 Å².